The Balaban J connectivity index is 3.19. The van der Waals surface area contributed by atoms with Gasteiger partial charge in [-0.15, -0.1) is 0 Å². The molecule has 8 heteroatoms. The first-order valence-corrected chi connectivity index (χ1v) is 5.60. The Morgan fingerprint density at radius 1 is 1.40 bits per heavy atom. The van der Waals surface area contributed by atoms with Crippen LogP contribution >= 0.6 is 0 Å². The van der Waals surface area contributed by atoms with Gasteiger partial charge in [-0.25, -0.2) is 0 Å². The molecule has 0 saturated heterocycles. The fourth-order valence-electron chi connectivity index (χ4n) is 1.85. The highest BCUT2D eigenvalue weighted by molar-refractivity contribution is 5.70. The van der Waals surface area contributed by atoms with Crippen LogP contribution in [0.4, 0.5) is 13.2 Å². The van der Waals surface area contributed by atoms with E-state index in [1.54, 1.807) is 0 Å². The van der Waals surface area contributed by atoms with Gasteiger partial charge in [0.1, 0.15) is 0 Å². The number of nitrogens with zero attached hydrogens (tertiary/aromatic N) is 1. The van der Waals surface area contributed by atoms with E-state index >= 15 is 0 Å². The second kappa shape index (κ2) is 6.36. The van der Waals surface area contributed by atoms with Crippen molar-refractivity contribution in [1.29, 1.82) is 0 Å². The summed E-state index contributed by atoms with van der Waals surface area (Å²) in [5.41, 5.74) is -1.25. The van der Waals surface area contributed by atoms with Gasteiger partial charge in [0, 0.05) is 4.92 Å². The molecule has 20 heavy (non-hydrogen) atoms. The summed E-state index contributed by atoms with van der Waals surface area (Å²) >= 11 is 0. The van der Waals surface area contributed by atoms with Gasteiger partial charge >= 0.3 is 12.1 Å². The van der Waals surface area contributed by atoms with Crippen molar-refractivity contribution in [3.05, 3.63) is 45.5 Å². The molecule has 0 fully saturated rings. The SMILES string of the molecule is COC(=O)C[C@H](C[N+](=O)[O-])c1ccccc1C(F)(F)F. The minimum absolute atomic E-state index is 0.276. The molecule has 1 rings (SSSR count). The van der Waals surface area contributed by atoms with E-state index in [-0.39, 0.29) is 5.56 Å². The molecule has 1 aromatic rings. The van der Waals surface area contributed by atoms with Gasteiger partial charge in [0.25, 0.3) is 0 Å². The Labute approximate surface area is 112 Å². The molecule has 0 aliphatic carbocycles. The highest BCUT2D eigenvalue weighted by Gasteiger charge is 2.36. The van der Waals surface area contributed by atoms with Crippen LogP contribution in [-0.2, 0) is 15.7 Å². The molecule has 0 heterocycles. The van der Waals surface area contributed by atoms with Crippen LogP contribution in [0, 0.1) is 10.1 Å². The van der Waals surface area contributed by atoms with Crippen molar-refractivity contribution in [2.75, 3.05) is 13.7 Å². The molecule has 0 aliphatic heterocycles. The predicted octanol–water partition coefficient (Wildman–Crippen LogP) is 2.63. The summed E-state index contributed by atoms with van der Waals surface area (Å²) in [6.07, 6.45) is -5.12. The number of hydrogen-bond acceptors (Lipinski definition) is 4. The molecule has 0 radical (unpaired) electrons. The van der Waals surface area contributed by atoms with Crippen molar-refractivity contribution in [3.63, 3.8) is 0 Å². The number of rotatable bonds is 5. The van der Waals surface area contributed by atoms with Crippen LogP contribution in [0.25, 0.3) is 0 Å². The minimum atomic E-state index is -4.64. The summed E-state index contributed by atoms with van der Waals surface area (Å²) in [6.45, 7) is -0.776. The summed E-state index contributed by atoms with van der Waals surface area (Å²) in [5.74, 6) is -1.98. The van der Waals surface area contributed by atoms with Gasteiger partial charge in [-0.05, 0) is 11.6 Å². The molecule has 110 valence electrons. The van der Waals surface area contributed by atoms with Crippen LogP contribution in [0.2, 0.25) is 0 Å². The lowest BCUT2D eigenvalue weighted by Crippen LogP contribution is -2.21. The van der Waals surface area contributed by atoms with E-state index in [2.05, 4.69) is 4.74 Å². The van der Waals surface area contributed by atoms with E-state index < -0.39 is 41.5 Å². The molecule has 0 spiro atoms. The van der Waals surface area contributed by atoms with Crippen LogP contribution in [0.3, 0.4) is 0 Å². The molecule has 0 aliphatic rings. The van der Waals surface area contributed by atoms with Crippen molar-refractivity contribution in [1.82, 2.24) is 0 Å². The van der Waals surface area contributed by atoms with Gasteiger partial charge in [-0.1, -0.05) is 18.2 Å². The largest absolute Gasteiger partial charge is 0.469 e. The molecular formula is C12H12F3NO4. The average molecular weight is 291 g/mol. The third-order valence-corrected chi connectivity index (χ3v) is 2.72. The Hall–Kier alpha value is -2.12. The first-order chi connectivity index (χ1) is 9.25. The van der Waals surface area contributed by atoms with Gasteiger partial charge in [-0.3, -0.25) is 14.9 Å². The van der Waals surface area contributed by atoms with E-state index in [0.29, 0.717) is 0 Å². The lowest BCUT2D eigenvalue weighted by molar-refractivity contribution is -0.483. The predicted molar refractivity (Wildman–Crippen MR) is 62.7 cm³/mol. The first kappa shape index (κ1) is 15.9. The number of methoxy groups -OCH3 is 1. The Morgan fingerprint density at radius 3 is 2.50 bits per heavy atom. The molecule has 0 aromatic heterocycles. The monoisotopic (exact) mass is 291 g/mol. The van der Waals surface area contributed by atoms with Gasteiger partial charge in [0.05, 0.1) is 25.0 Å². The maximum Gasteiger partial charge on any atom is 0.416 e. The highest BCUT2D eigenvalue weighted by Crippen LogP contribution is 2.36. The van der Waals surface area contributed by atoms with E-state index in [9.17, 15) is 28.1 Å². The van der Waals surface area contributed by atoms with E-state index in [1.807, 2.05) is 0 Å². The zero-order valence-electron chi connectivity index (χ0n) is 10.5. The van der Waals surface area contributed by atoms with Crippen molar-refractivity contribution in [2.24, 2.45) is 0 Å². The maximum atomic E-state index is 12.9. The number of nitro groups is 1. The second-order valence-electron chi connectivity index (χ2n) is 4.08. The molecule has 1 atom stereocenters. The van der Waals surface area contributed by atoms with Crippen molar-refractivity contribution in [2.45, 2.75) is 18.5 Å². The topological polar surface area (TPSA) is 69.4 Å². The third kappa shape index (κ3) is 4.22. The quantitative estimate of drug-likeness (QED) is 0.475. The Bertz CT molecular complexity index is 502. The fourth-order valence-corrected chi connectivity index (χ4v) is 1.85. The van der Waals surface area contributed by atoms with Crippen LogP contribution < -0.4 is 0 Å². The Kier molecular flexibility index (Phi) is 5.06. The number of carbonyl (C=O) groups is 1. The smallest absolute Gasteiger partial charge is 0.416 e. The number of esters is 1. The normalized spacial score (nSPS) is 12.8. The molecule has 0 unspecified atom stereocenters. The number of halogens is 3. The summed E-state index contributed by atoms with van der Waals surface area (Å²) in [6, 6.07) is 4.50. The molecule has 1 aromatic carbocycles. The van der Waals surface area contributed by atoms with Crippen LogP contribution in [0.1, 0.15) is 23.5 Å². The zero-order valence-corrected chi connectivity index (χ0v) is 10.5. The maximum absolute atomic E-state index is 12.9. The number of alkyl halides is 3. The van der Waals surface area contributed by atoms with Gasteiger partial charge in [-0.2, -0.15) is 13.2 Å². The third-order valence-electron chi connectivity index (χ3n) is 2.72. The number of ether oxygens (including phenoxy) is 1. The second-order valence-corrected chi connectivity index (χ2v) is 4.08. The van der Waals surface area contributed by atoms with Gasteiger partial charge < -0.3 is 4.74 Å². The Morgan fingerprint density at radius 2 is 2.00 bits per heavy atom. The van der Waals surface area contributed by atoms with Crippen LogP contribution in [-0.4, -0.2) is 24.5 Å². The number of carbonyl (C=O) groups excluding carboxylic acids is 1. The van der Waals surface area contributed by atoms with E-state index in [0.717, 1.165) is 19.2 Å². The fraction of sp³-hybridized carbons (Fsp3) is 0.417. The molecular weight excluding hydrogens is 279 g/mol. The first-order valence-electron chi connectivity index (χ1n) is 5.60. The van der Waals surface area contributed by atoms with E-state index in [4.69, 9.17) is 0 Å². The summed E-state index contributed by atoms with van der Waals surface area (Å²) in [4.78, 5) is 21.0. The lowest BCUT2D eigenvalue weighted by atomic mass is 9.91. The number of benzene rings is 1. The molecule has 0 N–H and O–H groups in total. The van der Waals surface area contributed by atoms with Crippen molar-refractivity contribution in [3.8, 4) is 0 Å². The highest BCUT2D eigenvalue weighted by atomic mass is 19.4. The lowest BCUT2D eigenvalue weighted by Gasteiger charge is -2.18. The van der Waals surface area contributed by atoms with Gasteiger partial charge in [0.2, 0.25) is 6.54 Å². The number of hydrogen-bond donors (Lipinski definition) is 0. The molecule has 5 nitrogen and oxygen atoms in total. The molecule has 0 amide bonds. The average Bonchev–Trinajstić information content (AvgIpc) is 2.36. The van der Waals surface area contributed by atoms with Crippen molar-refractivity contribution < 1.29 is 27.6 Å². The zero-order chi connectivity index (χ0) is 15.3. The van der Waals surface area contributed by atoms with E-state index in [1.165, 1.54) is 12.1 Å². The molecule has 0 bridgehead atoms. The summed E-state index contributed by atoms with van der Waals surface area (Å²) in [5, 5.41) is 10.6. The van der Waals surface area contributed by atoms with Gasteiger partial charge in [0.15, 0.2) is 0 Å². The molecule has 0 saturated carbocycles. The van der Waals surface area contributed by atoms with Crippen molar-refractivity contribution >= 4 is 5.97 Å². The summed E-state index contributed by atoms with van der Waals surface area (Å²) in [7, 11) is 1.07. The standard InChI is InChI=1S/C12H12F3NO4/c1-20-11(17)6-8(7-16(18)19)9-4-2-3-5-10(9)12(13,14)15/h2-5,8H,6-7H2,1H3/t8-/m1/s1. The van der Waals surface area contributed by atoms with Crippen LogP contribution in [0.5, 0.6) is 0 Å². The van der Waals surface area contributed by atoms with Crippen LogP contribution in [0.15, 0.2) is 24.3 Å². The summed E-state index contributed by atoms with van der Waals surface area (Å²) < 4.78 is 43.0. The minimum Gasteiger partial charge on any atom is -0.469 e.